The number of hydrogen-bond acceptors (Lipinski definition) is 3. The van der Waals surface area contributed by atoms with Gasteiger partial charge in [0.05, 0.1) is 11.1 Å². The highest BCUT2D eigenvalue weighted by Gasteiger charge is 2.13. The largest absolute Gasteiger partial charge is 0.478 e. The molecule has 0 unspecified atom stereocenters. The van der Waals surface area contributed by atoms with Crippen LogP contribution in [0.2, 0.25) is 0 Å². The van der Waals surface area contributed by atoms with Crippen LogP contribution in [-0.4, -0.2) is 26.2 Å². The van der Waals surface area contributed by atoms with Gasteiger partial charge in [-0.3, -0.25) is 0 Å². The van der Waals surface area contributed by atoms with Crippen molar-refractivity contribution >= 4 is 32.9 Å². The predicted octanol–water partition coefficient (Wildman–Crippen LogP) is 1.52. The molecule has 0 aliphatic rings. The number of carbonyl (C=O) groups is 1. The van der Waals surface area contributed by atoms with E-state index in [4.69, 9.17) is 10.2 Å². The van der Waals surface area contributed by atoms with Crippen LogP contribution < -0.4 is 0 Å². The smallest absolute Gasteiger partial charge is 0.338 e. The average molecular weight is 271 g/mol. The van der Waals surface area contributed by atoms with Crippen LogP contribution in [-0.2, 0) is 6.61 Å². The van der Waals surface area contributed by atoms with Crippen molar-refractivity contribution in [2.24, 2.45) is 0 Å². The number of aliphatic hydroxyl groups is 1. The zero-order valence-electron chi connectivity index (χ0n) is 7.49. The van der Waals surface area contributed by atoms with Gasteiger partial charge in [0.1, 0.15) is 17.9 Å². The van der Waals surface area contributed by atoms with E-state index in [0.717, 1.165) is 0 Å². The van der Waals surface area contributed by atoms with Crippen molar-refractivity contribution in [3.8, 4) is 0 Å². The highest BCUT2D eigenvalue weighted by molar-refractivity contribution is 9.10. The summed E-state index contributed by atoms with van der Waals surface area (Å²) >= 11 is 3.21. The maximum Gasteiger partial charge on any atom is 0.338 e. The number of H-pyrrole nitrogens is 1. The number of imidazole rings is 1. The van der Waals surface area contributed by atoms with Crippen molar-refractivity contribution in [2.45, 2.75) is 6.61 Å². The van der Waals surface area contributed by atoms with Crippen LogP contribution in [0.4, 0.5) is 0 Å². The van der Waals surface area contributed by atoms with E-state index in [0.29, 0.717) is 21.3 Å². The number of aromatic amines is 1. The van der Waals surface area contributed by atoms with E-state index >= 15 is 0 Å². The molecule has 0 fully saturated rings. The van der Waals surface area contributed by atoms with Crippen LogP contribution in [0.25, 0.3) is 11.0 Å². The number of carboxylic acid groups (broad SMARTS) is 1. The molecule has 0 spiro atoms. The Morgan fingerprint density at radius 1 is 1.53 bits per heavy atom. The molecule has 3 N–H and O–H groups in total. The second-order valence-electron chi connectivity index (χ2n) is 3.00. The molecule has 0 aliphatic heterocycles. The predicted molar refractivity (Wildman–Crippen MR) is 56.7 cm³/mol. The summed E-state index contributed by atoms with van der Waals surface area (Å²) in [7, 11) is 0. The Morgan fingerprint density at radius 3 is 2.87 bits per heavy atom. The van der Waals surface area contributed by atoms with Gasteiger partial charge in [-0.2, -0.15) is 0 Å². The van der Waals surface area contributed by atoms with E-state index < -0.39 is 5.97 Å². The van der Waals surface area contributed by atoms with Crippen LogP contribution in [0, 0.1) is 0 Å². The summed E-state index contributed by atoms with van der Waals surface area (Å²) in [6.45, 7) is -0.245. The fraction of sp³-hybridized carbons (Fsp3) is 0.111. The number of hydrogen-bond donors (Lipinski definition) is 3. The van der Waals surface area contributed by atoms with Crippen molar-refractivity contribution < 1.29 is 15.0 Å². The topological polar surface area (TPSA) is 86.2 Å². The molecule has 78 valence electrons. The molecule has 0 bridgehead atoms. The maximum absolute atomic E-state index is 10.9. The molecule has 5 nitrogen and oxygen atoms in total. The first-order valence-corrected chi connectivity index (χ1v) is 4.93. The molecule has 15 heavy (non-hydrogen) atoms. The average Bonchev–Trinajstić information content (AvgIpc) is 2.58. The summed E-state index contributed by atoms with van der Waals surface area (Å²) in [5.41, 5.74) is 1.05. The Balaban J connectivity index is 2.77. The molecule has 6 heteroatoms. The lowest BCUT2D eigenvalue weighted by molar-refractivity contribution is 0.0698. The number of fused-ring (bicyclic) bond motifs is 1. The van der Waals surface area contributed by atoms with Crippen LogP contribution >= 0.6 is 15.9 Å². The van der Waals surface area contributed by atoms with E-state index in [1.807, 2.05) is 0 Å². The molecule has 1 heterocycles. The minimum absolute atomic E-state index is 0.107. The quantitative estimate of drug-likeness (QED) is 0.772. The third-order valence-corrected chi connectivity index (χ3v) is 2.44. The Kier molecular flexibility index (Phi) is 2.45. The lowest BCUT2D eigenvalue weighted by atomic mass is 10.2. The lowest BCUT2D eigenvalue weighted by Gasteiger charge is -1.96. The van der Waals surface area contributed by atoms with Gasteiger partial charge in [0.25, 0.3) is 0 Å². The van der Waals surface area contributed by atoms with Gasteiger partial charge in [0.15, 0.2) is 0 Å². The number of halogens is 1. The van der Waals surface area contributed by atoms with E-state index in [1.165, 1.54) is 6.07 Å². The molecular formula is C9H7BrN2O3. The molecule has 0 radical (unpaired) electrons. The summed E-state index contributed by atoms with van der Waals surface area (Å²) in [5.74, 6) is -0.692. The highest BCUT2D eigenvalue weighted by atomic mass is 79.9. The van der Waals surface area contributed by atoms with E-state index in [2.05, 4.69) is 25.9 Å². The van der Waals surface area contributed by atoms with Gasteiger partial charge >= 0.3 is 5.97 Å². The molecule has 0 amide bonds. The zero-order chi connectivity index (χ0) is 11.0. The van der Waals surface area contributed by atoms with E-state index in [9.17, 15) is 4.79 Å². The van der Waals surface area contributed by atoms with Gasteiger partial charge in [0, 0.05) is 4.47 Å². The fourth-order valence-electron chi connectivity index (χ4n) is 1.37. The summed E-state index contributed by atoms with van der Waals surface area (Å²) in [6, 6.07) is 3.20. The van der Waals surface area contributed by atoms with Crippen molar-refractivity contribution in [1.82, 2.24) is 9.97 Å². The zero-order valence-corrected chi connectivity index (χ0v) is 9.08. The van der Waals surface area contributed by atoms with Crippen LogP contribution in [0.15, 0.2) is 16.6 Å². The summed E-state index contributed by atoms with van der Waals surface area (Å²) in [5, 5.41) is 17.8. The molecule has 2 aromatic rings. The van der Waals surface area contributed by atoms with Gasteiger partial charge in [-0.1, -0.05) is 15.9 Å². The van der Waals surface area contributed by atoms with E-state index in [1.54, 1.807) is 6.07 Å². The van der Waals surface area contributed by atoms with Crippen molar-refractivity contribution in [2.75, 3.05) is 0 Å². The number of aliphatic hydroxyl groups excluding tert-OH is 1. The molecule has 1 aromatic carbocycles. The molecule has 0 saturated carbocycles. The third kappa shape index (κ3) is 1.73. The van der Waals surface area contributed by atoms with Crippen LogP contribution in [0.5, 0.6) is 0 Å². The summed E-state index contributed by atoms with van der Waals surface area (Å²) < 4.78 is 0.653. The Labute approximate surface area is 92.9 Å². The van der Waals surface area contributed by atoms with Crippen molar-refractivity contribution in [1.29, 1.82) is 0 Å². The Morgan fingerprint density at radius 2 is 2.27 bits per heavy atom. The standard InChI is InChI=1S/C9H7BrN2O3/c10-4-1-5(9(14)15)8-6(2-4)11-7(3-13)12-8/h1-2,13H,3H2,(H,11,12)(H,14,15). The number of benzene rings is 1. The van der Waals surface area contributed by atoms with Crippen LogP contribution in [0.3, 0.4) is 0 Å². The minimum Gasteiger partial charge on any atom is -0.478 e. The first-order chi connectivity index (χ1) is 7.11. The number of carboxylic acids is 1. The molecule has 0 aliphatic carbocycles. The normalized spacial score (nSPS) is 10.8. The summed E-state index contributed by atoms with van der Waals surface area (Å²) in [4.78, 5) is 17.7. The number of nitrogens with one attached hydrogen (secondary N) is 1. The van der Waals surface area contributed by atoms with Gasteiger partial charge in [0.2, 0.25) is 0 Å². The molecule has 0 atom stereocenters. The Hall–Kier alpha value is -1.40. The Bertz CT molecular complexity index is 535. The maximum atomic E-state index is 10.9. The van der Waals surface area contributed by atoms with Gasteiger partial charge in [-0.25, -0.2) is 9.78 Å². The fourth-order valence-corrected chi connectivity index (χ4v) is 1.83. The second-order valence-corrected chi connectivity index (χ2v) is 3.91. The van der Waals surface area contributed by atoms with Gasteiger partial charge in [-0.05, 0) is 12.1 Å². The summed E-state index contributed by atoms with van der Waals surface area (Å²) in [6.07, 6.45) is 0. The van der Waals surface area contributed by atoms with Gasteiger partial charge < -0.3 is 15.2 Å². The highest BCUT2D eigenvalue weighted by Crippen LogP contribution is 2.22. The molecule has 2 rings (SSSR count). The number of aromatic nitrogens is 2. The number of nitrogens with zero attached hydrogens (tertiary/aromatic N) is 1. The molecule has 0 saturated heterocycles. The van der Waals surface area contributed by atoms with E-state index in [-0.39, 0.29) is 12.2 Å². The SMILES string of the molecule is O=C(O)c1cc(Br)cc2[nH]c(CO)nc12. The van der Waals surface area contributed by atoms with Crippen LogP contribution in [0.1, 0.15) is 16.2 Å². The minimum atomic E-state index is -1.04. The first-order valence-electron chi connectivity index (χ1n) is 4.14. The third-order valence-electron chi connectivity index (χ3n) is 1.98. The monoisotopic (exact) mass is 270 g/mol. The van der Waals surface area contributed by atoms with Crippen molar-refractivity contribution in [3.05, 3.63) is 28.0 Å². The van der Waals surface area contributed by atoms with Crippen molar-refractivity contribution in [3.63, 3.8) is 0 Å². The molecule has 1 aromatic heterocycles. The second kappa shape index (κ2) is 3.63. The lowest BCUT2D eigenvalue weighted by Crippen LogP contribution is -1.97. The number of rotatable bonds is 2. The number of aromatic carboxylic acids is 1. The van der Waals surface area contributed by atoms with Gasteiger partial charge in [-0.15, -0.1) is 0 Å². The molecular weight excluding hydrogens is 264 g/mol. The first kappa shape index (κ1) is 10.1.